The predicted molar refractivity (Wildman–Crippen MR) is 40.2 cm³/mol. The number of likely N-dealkylation sites (tertiary alicyclic amines) is 1. The maximum Gasteiger partial charge on any atom is 0.415 e. The summed E-state index contributed by atoms with van der Waals surface area (Å²) >= 11 is 0. The molecule has 1 saturated heterocycles. The molecule has 0 amide bonds. The molecule has 0 aromatic heterocycles. The summed E-state index contributed by atoms with van der Waals surface area (Å²) in [7, 11) is 0. The first kappa shape index (κ1) is 9.27. The number of rotatable bonds is 2. The summed E-state index contributed by atoms with van der Waals surface area (Å²) in [5.41, 5.74) is 0.352. The van der Waals surface area contributed by atoms with Crippen molar-refractivity contribution < 1.29 is 18.3 Å². The highest BCUT2D eigenvalue weighted by atomic mass is 19.4. The number of aliphatic hydroxyl groups excluding tert-OH is 1. The summed E-state index contributed by atoms with van der Waals surface area (Å²) in [6, 6.07) is 0. The Morgan fingerprint density at radius 3 is 2.23 bits per heavy atom. The molecule has 1 spiro atoms. The normalized spacial score (nSPS) is 28.6. The van der Waals surface area contributed by atoms with Gasteiger partial charge in [0.15, 0.2) is 6.10 Å². The van der Waals surface area contributed by atoms with Gasteiger partial charge in [-0.15, -0.1) is 0 Å². The second kappa shape index (κ2) is 2.60. The molecular weight excluding hydrogens is 183 g/mol. The molecule has 0 bridgehead atoms. The SMILES string of the molecule is OC(CN1CC2(CC2)C1)C(F)(F)F. The zero-order chi connectivity index (χ0) is 9.69. The molecule has 2 aliphatic rings. The summed E-state index contributed by atoms with van der Waals surface area (Å²) in [6.45, 7) is 1.21. The van der Waals surface area contributed by atoms with E-state index < -0.39 is 12.3 Å². The second-order valence-corrected chi connectivity index (χ2v) is 4.23. The van der Waals surface area contributed by atoms with Gasteiger partial charge in [-0.05, 0) is 18.3 Å². The maximum atomic E-state index is 11.9. The number of β-amino-alcohol motifs (C(OH)–C–C–N with tert-alkyl or cyclic N) is 1. The highest BCUT2D eigenvalue weighted by Crippen LogP contribution is 2.52. The molecule has 5 heteroatoms. The molecule has 1 aliphatic carbocycles. The van der Waals surface area contributed by atoms with Crippen LogP contribution in [0.2, 0.25) is 0 Å². The molecule has 0 radical (unpaired) electrons. The molecule has 2 fully saturated rings. The molecule has 2 nitrogen and oxygen atoms in total. The molecular formula is C8H12F3NO. The fourth-order valence-corrected chi connectivity index (χ4v) is 1.87. The number of alkyl halides is 3. The van der Waals surface area contributed by atoms with Crippen LogP contribution in [0.25, 0.3) is 0 Å². The minimum atomic E-state index is -4.47. The first-order valence-corrected chi connectivity index (χ1v) is 4.38. The monoisotopic (exact) mass is 195 g/mol. The lowest BCUT2D eigenvalue weighted by atomic mass is 9.96. The average molecular weight is 195 g/mol. The van der Waals surface area contributed by atoms with Gasteiger partial charge in [-0.1, -0.05) is 0 Å². The van der Waals surface area contributed by atoms with Crippen LogP contribution in [0.5, 0.6) is 0 Å². The lowest BCUT2D eigenvalue weighted by Gasteiger charge is -2.41. The molecule has 76 valence electrons. The lowest BCUT2D eigenvalue weighted by Crippen LogP contribution is -2.53. The number of nitrogens with zero attached hydrogens (tertiary/aromatic N) is 1. The molecule has 1 atom stereocenters. The molecule has 1 aliphatic heterocycles. The largest absolute Gasteiger partial charge is 0.415 e. The van der Waals surface area contributed by atoms with Gasteiger partial charge in [0.25, 0.3) is 0 Å². The fourth-order valence-electron chi connectivity index (χ4n) is 1.87. The van der Waals surface area contributed by atoms with E-state index in [9.17, 15) is 13.2 Å². The van der Waals surface area contributed by atoms with Gasteiger partial charge in [-0.2, -0.15) is 13.2 Å². The van der Waals surface area contributed by atoms with Gasteiger partial charge in [-0.25, -0.2) is 0 Å². The van der Waals surface area contributed by atoms with Crippen molar-refractivity contribution in [3.63, 3.8) is 0 Å². The van der Waals surface area contributed by atoms with E-state index in [4.69, 9.17) is 5.11 Å². The Kier molecular flexibility index (Phi) is 1.86. The smallest absolute Gasteiger partial charge is 0.382 e. The highest BCUT2D eigenvalue weighted by molar-refractivity contribution is 5.05. The average Bonchev–Trinajstić information content (AvgIpc) is 2.63. The molecule has 1 heterocycles. The standard InChI is InChI=1S/C8H12F3NO/c9-8(10,11)6(13)3-12-4-7(5-12)1-2-7/h6,13H,1-5H2. The van der Waals surface area contributed by atoms with Crippen molar-refractivity contribution in [3.8, 4) is 0 Å². The summed E-state index contributed by atoms with van der Waals surface area (Å²) in [5.74, 6) is 0. The summed E-state index contributed by atoms with van der Waals surface area (Å²) < 4.78 is 35.7. The van der Waals surface area contributed by atoms with E-state index in [-0.39, 0.29) is 6.54 Å². The van der Waals surface area contributed by atoms with Crippen molar-refractivity contribution in [1.82, 2.24) is 4.90 Å². The Bertz CT molecular complexity index is 204. The van der Waals surface area contributed by atoms with E-state index in [1.54, 1.807) is 4.90 Å². The molecule has 0 aromatic carbocycles. The van der Waals surface area contributed by atoms with Crippen LogP contribution in [0.4, 0.5) is 13.2 Å². The maximum absolute atomic E-state index is 11.9. The van der Waals surface area contributed by atoms with E-state index in [1.807, 2.05) is 0 Å². The summed E-state index contributed by atoms with van der Waals surface area (Å²) in [6.07, 6.45) is -4.35. The van der Waals surface area contributed by atoms with E-state index in [2.05, 4.69) is 0 Å². The quantitative estimate of drug-likeness (QED) is 0.710. The Labute approximate surface area is 74.3 Å². The number of hydrogen-bond acceptors (Lipinski definition) is 2. The van der Waals surface area contributed by atoms with Gasteiger partial charge in [0.05, 0.1) is 0 Å². The van der Waals surface area contributed by atoms with Gasteiger partial charge < -0.3 is 5.11 Å². The number of hydrogen-bond donors (Lipinski definition) is 1. The van der Waals surface area contributed by atoms with Crippen LogP contribution in [-0.2, 0) is 0 Å². The van der Waals surface area contributed by atoms with Crippen LogP contribution in [0, 0.1) is 5.41 Å². The third-order valence-corrected chi connectivity index (χ3v) is 2.88. The van der Waals surface area contributed by atoms with Gasteiger partial charge in [0.1, 0.15) is 0 Å². The van der Waals surface area contributed by atoms with Crippen LogP contribution in [0.15, 0.2) is 0 Å². The van der Waals surface area contributed by atoms with E-state index in [1.165, 1.54) is 0 Å². The Hall–Kier alpha value is -0.290. The van der Waals surface area contributed by atoms with Crippen molar-refractivity contribution >= 4 is 0 Å². The minimum Gasteiger partial charge on any atom is -0.382 e. The first-order valence-electron chi connectivity index (χ1n) is 4.38. The summed E-state index contributed by atoms with van der Waals surface area (Å²) in [4.78, 5) is 1.67. The van der Waals surface area contributed by atoms with Crippen LogP contribution >= 0.6 is 0 Å². The van der Waals surface area contributed by atoms with Gasteiger partial charge in [0.2, 0.25) is 0 Å². The minimum absolute atomic E-state index is 0.259. The molecule has 13 heavy (non-hydrogen) atoms. The van der Waals surface area contributed by atoms with Gasteiger partial charge in [-0.3, -0.25) is 4.90 Å². The second-order valence-electron chi connectivity index (χ2n) is 4.23. The Balaban J connectivity index is 1.73. The zero-order valence-electron chi connectivity index (χ0n) is 7.14. The van der Waals surface area contributed by atoms with E-state index >= 15 is 0 Å². The van der Waals surface area contributed by atoms with Crippen molar-refractivity contribution in [2.75, 3.05) is 19.6 Å². The molecule has 1 saturated carbocycles. The van der Waals surface area contributed by atoms with E-state index in [0.29, 0.717) is 5.41 Å². The first-order chi connectivity index (χ1) is 5.91. The van der Waals surface area contributed by atoms with Crippen LogP contribution in [0.1, 0.15) is 12.8 Å². The Morgan fingerprint density at radius 2 is 1.85 bits per heavy atom. The molecule has 0 aromatic rings. The number of aliphatic hydroxyl groups is 1. The van der Waals surface area contributed by atoms with Crippen molar-refractivity contribution in [3.05, 3.63) is 0 Å². The van der Waals surface area contributed by atoms with Crippen LogP contribution < -0.4 is 0 Å². The van der Waals surface area contributed by atoms with E-state index in [0.717, 1.165) is 25.9 Å². The molecule has 1 unspecified atom stereocenters. The highest BCUT2D eigenvalue weighted by Gasteiger charge is 2.53. The van der Waals surface area contributed by atoms with Crippen molar-refractivity contribution in [2.24, 2.45) is 5.41 Å². The Morgan fingerprint density at radius 1 is 1.31 bits per heavy atom. The molecule has 1 N–H and O–H groups in total. The molecule has 2 rings (SSSR count). The fraction of sp³-hybridized carbons (Fsp3) is 1.00. The third kappa shape index (κ3) is 1.81. The van der Waals surface area contributed by atoms with Crippen LogP contribution in [-0.4, -0.2) is 41.9 Å². The zero-order valence-corrected chi connectivity index (χ0v) is 7.14. The third-order valence-electron chi connectivity index (χ3n) is 2.88. The van der Waals surface area contributed by atoms with Crippen LogP contribution in [0.3, 0.4) is 0 Å². The predicted octanol–water partition coefficient (Wildman–Crippen LogP) is 1.01. The number of halogens is 3. The lowest BCUT2D eigenvalue weighted by molar-refractivity contribution is -0.212. The van der Waals surface area contributed by atoms with Gasteiger partial charge >= 0.3 is 6.18 Å². The van der Waals surface area contributed by atoms with Gasteiger partial charge in [0, 0.05) is 19.6 Å². The van der Waals surface area contributed by atoms with Crippen molar-refractivity contribution in [2.45, 2.75) is 25.1 Å². The topological polar surface area (TPSA) is 23.5 Å². The summed E-state index contributed by atoms with van der Waals surface area (Å²) in [5, 5.41) is 8.75. The van der Waals surface area contributed by atoms with Crippen molar-refractivity contribution in [1.29, 1.82) is 0 Å².